The third-order valence-corrected chi connectivity index (χ3v) is 4.88. The van der Waals surface area contributed by atoms with Crippen LogP contribution in [-0.2, 0) is 4.79 Å². The summed E-state index contributed by atoms with van der Waals surface area (Å²) in [5.74, 6) is 0.762. The van der Waals surface area contributed by atoms with Crippen LogP contribution in [0.5, 0.6) is 5.75 Å². The highest BCUT2D eigenvalue weighted by atomic mass is 16.5. The molecule has 1 heterocycles. The van der Waals surface area contributed by atoms with E-state index in [9.17, 15) is 9.59 Å². The van der Waals surface area contributed by atoms with Crippen molar-refractivity contribution in [3.8, 4) is 5.75 Å². The Morgan fingerprint density at radius 2 is 1.44 bits per heavy atom. The second-order valence-corrected chi connectivity index (χ2v) is 7.06. The number of carbonyl (C=O) groups excluding carboxylic acids is 2. The van der Waals surface area contributed by atoms with Crippen LogP contribution in [0.4, 0.5) is 0 Å². The Morgan fingerprint density at radius 3 is 2.04 bits per heavy atom. The van der Waals surface area contributed by atoms with Crippen LogP contribution in [0.15, 0.2) is 42.5 Å². The first-order valence-corrected chi connectivity index (χ1v) is 9.28. The largest absolute Gasteiger partial charge is 0.483 e. The highest BCUT2D eigenvalue weighted by molar-refractivity contribution is 5.94. The number of rotatable bonds is 4. The number of hydrogen-bond donors (Lipinski definition) is 0. The molecule has 27 heavy (non-hydrogen) atoms. The summed E-state index contributed by atoms with van der Waals surface area (Å²) in [7, 11) is 0. The number of nitrogens with zero attached hydrogens (tertiary/aromatic N) is 2. The van der Waals surface area contributed by atoms with E-state index in [-0.39, 0.29) is 18.4 Å². The van der Waals surface area contributed by atoms with Crippen LogP contribution in [0.25, 0.3) is 0 Å². The van der Waals surface area contributed by atoms with Crippen molar-refractivity contribution < 1.29 is 14.3 Å². The zero-order chi connectivity index (χ0) is 19.4. The molecule has 1 aliphatic rings. The maximum absolute atomic E-state index is 12.5. The van der Waals surface area contributed by atoms with Crippen molar-refractivity contribution in [1.82, 2.24) is 9.80 Å². The molecule has 0 saturated carbocycles. The Balaban J connectivity index is 1.52. The number of benzene rings is 2. The first kappa shape index (κ1) is 19.0. The molecule has 142 valence electrons. The van der Waals surface area contributed by atoms with Crippen molar-refractivity contribution in [2.45, 2.75) is 20.8 Å². The van der Waals surface area contributed by atoms with Crippen molar-refractivity contribution in [3.63, 3.8) is 0 Å². The molecule has 0 atom stereocenters. The second-order valence-electron chi connectivity index (χ2n) is 7.06. The zero-order valence-electron chi connectivity index (χ0n) is 16.2. The van der Waals surface area contributed by atoms with Gasteiger partial charge in [0, 0.05) is 31.7 Å². The van der Waals surface area contributed by atoms with Crippen LogP contribution in [0.3, 0.4) is 0 Å². The molecule has 0 aromatic heterocycles. The summed E-state index contributed by atoms with van der Waals surface area (Å²) in [4.78, 5) is 28.6. The average molecular weight is 366 g/mol. The van der Waals surface area contributed by atoms with Crippen molar-refractivity contribution in [1.29, 1.82) is 0 Å². The lowest BCUT2D eigenvalue weighted by atomic mass is 10.1. The number of aryl methyl sites for hydroxylation is 3. The van der Waals surface area contributed by atoms with E-state index in [1.165, 1.54) is 5.56 Å². The number of amides is 2. The summed E-state index contributed by atoms with van der Waals surface area (Å²) in [5.41, 5.74) is 3.95. The van der Waals surface area contributed by atoms with Gasteiger partial charge >= 0.3 is 0 Å². The van der Waals surface area contributed by atoms with Crippen LogP contribution in [-0.4, -0.2) is 54.4 Å². The van der Waals surface area contributed by atoms with Crippen molar-refractivity contribution in [2.24, 2.45) is 0 Å². The summed E-state index contributed by atoms with van der Waals surface area (Å²) in [6.45, 7) is 8.22. The molecule has 0 bridgehead atoms. The normalized spacial score (nSPS) is 14.2. The summed E-state index contributed by atoms with van der Waals surface area (Å²) in [6, 6.07) is 13.4. The Kier molecular flexibility index (Phi) is 5.79. The molecule has 0 radical (unpaired) electrons. The molecule has 2 amide bonds. The van der Waals surface area contributed by atoms with Gasteiger partial charge in [-0.25, -0.2) is 0 Å². The van der Waals surface area contributed by atoms with Gasteiger partial charge in [0.15, 0.2) is 6.61 Å². The molecule has 2 aromatic carbocycles. The third kappa shape index (κ3) is 4.48. The Morgan fingerprint density at radius 1 is 0.889 bits per heavy atom. The number of ether oxygens (including phenoxy) is 1. The van der Waals surface area contributed by atoms with Crippen molar-refractivity contribution in [3.05, 3.63) is 64.7 Å². The summed E-state index contributed by atoms with van der Waals surface area (Å²) < 4.78 is 5.81. The lowest BCUT2D eigenvalue weighted by molar-refractivity contribution is -0.134. The van der Waals surface area contributed by atoms with Gasteiger partial charge in [-0.3, -0.25) is 9.59 Å². The van der Waals surface area contributed by atoms with Crippen molar-refractivity contribution in [2.75, 3.05) is 32.8 Å². The molecule has 0 aliphatic carbocycles. The van der Waals surface area contributed by atoms with Crippen LogP contribution in [0.1, 0.15) is 27.0 Å². The smallest absolute Gasteiger partial charge is 0.260 e. The van der Waals surface area contributed by atoms with Gasteiger partial charge in [0.2, 0.25) is 0 Å². The Hall–Kier alpha value is -2.82. The maximum atomic E-state index is 12.5. The minimum Gasteiger partial charge on any atom is -0.483 e. The Labute approximate surface area is 160 Å². The highest BCUT2D eigenvalue weighted by Gasteiger charge is 2.25. The minimum atomic E-state index is -0.0406. The standard InChI is InChI=1S/C22H26N2O3/c1-16-13-17(2)21(18(3)14-16)27-15-20(25)23-9-11-24(12-10-23)22(26)19-7-5-4-6-8-19/h4-8,13-14H,9-12,15H2,1-3H3. The van der Waals surface area contributed by atoms with Gasteiger partial charge in [-0.1, -0.05) is 35.9 Å². The van der Waals surface area contributed by atoms with E-state index in [4.69, 9.17) is 4.74 Å². The molecule has 1 fully saturated rings. The Bertz CT molecular complexity index is 802. The SMILES string of the molecule is Cc1cc(C)c(OCC(=O)N2CCN(C(=O)c3ccccc3)CC2)c(C)c1. The quantitative estimate of drug-likeness (QED) is 0.836. The van der Waals surface area contributed by atoms with Gasteiger partial charge in [-0.2, -0.15) is 0 Å². The first-order valence-electron chi connectivity index (χ1n) is 9.28. The topological polar surface area (TPSA) is 49.9 Å². The molecule has 0 unspecified atom stereocenters. The fraction of sp³-hybridized carbons (Fsp3) is 0.364. The van der Waals surface area contributed by atoms with Crippen molar-refractivity contribution >= 4 is 11.8 Å². The van der Waals surface area contributed by atoms with E-state index in [1.807, 2.05) is 51.1 Å². The maximum Gasteiger partial charge on any atom is 0.260 e. The monoisotopic (exact) mass is 366 g/mol. The highest BCUT2D eigenvalue weighted by Crippen LogP contribution is 2.24. The molecule has 0 N–H and O–H groups in total. The predicted octanol–water partition coefficient (Wildman–Crippen LogP) is 2.98. The minimum absolute atomic E-state index is 0.0184. The van der Waals surface area contributed by atoms with Gasteiger partial charge in [0.1, 0.15) is 5.75 Å². The fourth-order valence-corrected chi connectivity index (χ4v) is 3.54. The molecular weight excluding hydrogens is 340 g/mol. The summed E-state index contributed by atoms with van der Waals surface area (Å²) in [6.07, 6.45) is 0. The van der Waals surface area contributed by atoms with E-state index in [1.54, 1.807) is 9.80 Å². The van der Waals surface area contributed by atoms with Gasteiger partial charge in [0.25, 0.3) is 11.8 Å². The van der Waals surface area contributed by atoms with E-state index < -0.39 is 0 Å². The fourth-order valence-electron chi connectivity index (χ4n) is 3.54. The molecule has 5 heteroatoms. The number of hydrogen-bond acceptors (Lipinski definition) is 3. The lowest BCUT2D eigenvalue weighted by Gasteiger charge is -2.34. The molecule has 2 aromatic rings. The van der Waals surface area contributed by atoms with Gasteiger partial charge in [-0.15, -0.1) is 0 Å². The summed E-state index contributed by atoms with van der Waals surface area (Å²) in [5, 5.41) is 0. The molecule has 0 spiro atoms. The summed E-state index contributed by atoms with van der Waals surface area (Å²) >= 11 is 0. The van der Waals surface area contributed by atoms with Gasteiger partial charge in [0.05, 0.1) is 0 Å². The molecular formula is C22H26N2O3. The van der Waals surface area contributed by atoms with E-state index in [0.717, 1.165) is 16.9 Å². The van der Waals surface area contributed by atoms with Crippen LogP contribution < -0.4 is 4.74 Å². The number of piperazine rings is 1. The molecule has 1 aliphatic heterocycles. The molecule has 3 rings (SSSR count). The third-order valence-electron chi connectivity index (χ3n) is 4.88. The van der Waals surface area contributed by atoms with E-state index in [2.05, 4.69) is 12.1 Å². The van der Waals surface area contributed by atoms with E-state index >= 15 is 0 Å². The average Bonchev–Trinajstić information content (AvgIpc) is 2.67. The predicted molar refractivity (Wildman–Crippen MR) is 105 cm³/mol. The van der Waals surface area contributed by atoms with Crippen LogP contribution in [0.2, 0.25) is 0 Å². The molecule has 5 nitrogen and oxygen atoms in total. The van der Waals surface area contributed by atoms with Crippen LogP contribution in [0, 0.1) is 20.8 Å². The lowest BCUT2D eigenvalue weighted by Crippen LogP contribution is -2.51. The number of carbonyl (C=O) groups is 2. The molecule has 1 saturated heterocycles. The second kappa shape index (κ2) is 8.25. The zero-order valence-corrected chi connectivity index (χ0v) is 16.2. The van der Waals surface area contributed by atoms with E-state index in [0.29, 0.717) is 31.7 Å². The first-order chi connectivity index (χ1) is 13.0. The van der Waals surface area contributed by atoms with Crippen LogP contribution >= 0.6 is 0 Å². The van der Waals surface area contributed by atoms with Gasteiger partial charge in [-0.05, 0) is 44.0 Å². The van der Waals surface area contributed by atoms with Gasteiger partial charge < -0.3 is 14.5 Å².